The second-order valence-corrected chi connectivity index (χ2v) is 5.58. The van der Waals surface area contributed by atoms with Crippen molar-refractivity contribution in [2.24, 2.45) is 5.73 Å². The van der Waals surface area contributed by atoms with Crippen molar-refractivity contribution in [1.82, 2.24) is 0 Å². The van der Waals surface area contributed by atoms with Gasteiger partial charge in [0.05, 0.1) is 0 Å². The normalized spacial score (nSPS) is 12.4. The summed E-state index contributed by atoms with van der Waals surface area (Å²) in [6.07, 6.45) is 0.808. The molecule has 2 N–H and O–H groups in total. The lowest BCUT2D eigenvalue weighted by molar-refractivity contribution is 0.623. The number of nitrogens with two attached hydrogens (primary N) is 1. The van der Waals surface area contributed by atoms with Crippen LogP contribution in [-0.2, 0) is 6.42 Å². The molecule has 1 nitrogen and oxygen atoms in total. The molecule has 0 aromatic heterocycles. The highest BCUT2D eigenvalue weighted by molar-refractivity contribution is 9.10. The van der Waals surface area contributed by atoms with Crippen LogP contribution in [0.25, 0.3) is 0 Å². The summed E-state index contributed by atoms with van der Waals surface area (Å²) in [6.45, 7) is 2.67. The van der Waals surface area contributed by atoms with E-state index in [0.29, 0.717) is 6.54 Å². The highest BCUT2D eigenvalue weighted by atomic mass is 79.9. The summed E-state index contributed by atoms with van der Waals surface area (Å²) in [5, 5.41) is 0. The largest absolute Gasteiger partial charge is 0.330 e. The molecule has 0 radical (unpaired) electrons. The minimum atomic E-state index is -0.226. The van der Waals surface area contributed by atoms with Gasteiger partial charge in [-0.15, -0.1) is 0 Å². The standard InChI is InChI=1S/C16H17BrFN/c1-11-4-2-3-5-15(11)13(10-19)8-12-6-7-14(18)9-16(12)17/h2-7,9,13H,8,10,19H2,1H3. The first-order valence-corrected chi connectivity index (χ1v) is 7.10. The first-order chi connectivity index (χ1) is 9.11. The predicted octanol–water partition coefficient (Wildman–Crippen LogP) is 4.18. The van der Waals surface area contributed by atoms with Gasteiger partial charge in [-0.05, 0) is 48.7 Å². The van der Waals surface area contributed by atoms with E-state index < -0.39 is 0 Å². The van der Waals surface area contributed by atoms with Gasteiger partial charge in [0.25, 0.3) is 0 Å². The Morgan fingerprint density at radius 3 is 2.58 bits per heavy atom. The van der Waals surface area contributed by atoms with Crippen LogP contribution >= 0.6 is 15.9 Å². The smallest absolute Gasteiger partial charge is 0.124 e. The summed E-state index contributed by atoms with van der Waals surface area (Å²) in [4.78, 5) is 0. The quantitative estimate of drug-likeness (QED) is 0.898. The molecule has 0 saturated heterocycles. The lowest BCUT2D eigenvalue weighted by Gasteiger charge is -2.18. The van der Waals surface area contributed by atoms with Gasteiger partial charge < -0.3 is 5.73 Å². The summed E-state index contributed by atoms with van der Waals surface area (Å²) in [7, 11) is 0. The number of hydrogen-bond donors (Lipinski definition) is 1. The fraction of sp³-hybridized carbons (Fsp3) is 0.250. The molecule has 0 amide bonds. The van der Waals surface area contributed by atoms with Crippen molar-refractivity contribution in [3.8, 4) is 0 Å². The van der Waals surface area contributed by atoms with Gasteiger partial charge in [-0.25, -0.2) is 4.39 Å². The van der Waals surface area contributed by atoms with Crippen LogP contribution in [0.2, 0.25) is 0 Å². The topological polar surface area (TPSA) is 26.0 Å². The summed E-state index contributed by atoms with van der Waals surface area (Å²) >= 11 is 3.42. The van der Waals surface area contributed by atoms with Crippen molar-refractivity contribution in [3.05, 3.63) is 69.4 Å². The highest BCUT2D eigenvalue weighted by Gasteiger charge is 2.14. The van der Waals surface area contributed by atoms with Crippen LogP contribution in [0.5, 0.6) is 0 Å². The van der Waals surface area contributed by atoms with Gasteiger partial charge in [0, 0.05) is 10.4 Å². The molecular formula is C16H17BrFN. The van der Waals surface area contributed by atoms with E-state index in [9.17, 15) is 4.39 Å². The second kappa shape index (κ2) is 6.31. The molecule has 0 heterocycles. The van der Waals surface area contributed by atoms with Gasteiger partial charge in [0.1, 0.15) is 5.82 Å². The maximum atomic E-state index is 13.1. The summed E-state index contributed by atoms with van der Waals surface area (Å²) in [6, 6.07) is 13.1. The van der Waals surface area contributed by atoms with E-state index in [4.69, 9.17) is 5.73 Å². The number of halogens is 2. The van der Waals surface area contributed by atoms with E-state index >= 15 is 0 Å². The van der Waals surface area contributed by atoms with Gasteiger partial charge in [-0.2, -0.15) is 0 Å². The Morgan fingerprint density at radius 2 is 1.95 bits per heavy atom. The maximum Gasteiger partial charge on any atom is 0.124 e. The van der Waals surface area contributed by atoms with Crippen LogP contribution in [0, 0.1) is 12.7 Å². The molecule has 100 valence electrons. The Morgan fingerprint density at radius 1 is 1.21 bits per heavy atom. The van der Waals surface area contributed by atoms with E-state index in [1.165, 1.54) is 23.3 Å². The molecule has 2 rings (SSSR count). The molecular weight excluding hydrogens is 305 g/mol. The molecule has 0 fully saturated rings. The molecule has 3 heteroatoms. The van der Waals surface area contributed by atoms with E-state index in [-0.39, 0.29) is 11.7 Å². The van der Waals surface area contributed by atoms with Crippen molar-refractivity contribution < 1.29 is 4.39 Å². The van der Waals surface area contributed by atoms with Gasteiger partial charge in [-0.3, -0.25) is 0 Å². The number of aryl methyl sites for hydroxylation is 1. The van der Waals surface area contributed by atoms with Crippen molar-refractivity contribution in [2.75, 3.05) is 6.54 Å². The van der Waals surface area contributed by atoms with Crippen LogP contribution < -0.4 is 5.73 Å². The fourth-order valence-corrected chi connectivity index (χ4v) is 2.83. The fourth-order valence-electron chi connectivity index (χ4n) is 2.32. The molecule has 2 aromatic rings. The Kier molecular flexibility index (Phi) is 4.72. The molecule has 0 aliphatic heterocycles. The van der Waals surface area contributed by atoms with Gasteiger partial charge >= 0.3 is 0 Å². The van der Waals surface area contributed by atoms with Crippen molar-refractivity contribution in [3.63, 3.8) is 0 Å². The average Bonchev–Trinajstić information content (AvgIpc) is 2.39. The third kappa shape index (κ3) is 3.43. The van der Waals surface area contributed by atoms with Crippen molar-refractivity contribution in [1.29, 1.82) is 0 Å². The molecule has 0 aliphatic carbocycles. The molecule has 1 atom stereocenters. The zero-order chi connectivity index (χ0) is 13.8. The minimum Gasteiger partial charge on any atom is -0.330 e. The summed E-state index contributed by atoms with van der Waals surface area (Å²) in [5.41, 5.74) is 9.51. The Labute approximate surface area is 121 Å². The molecule has 19 heavy (non-hydrogen) atoms. The third-order valence-corrected chi connectivity index (χ3v) is 4.13. The van der Waals surface area contributed by atoms with Gasteiger partial charge in [0.2, 0.25) is 0 Å². The predicted molar refractivity (Wildman–Crippen MR) is 80.8 cm³/mol. The Hall–Kier alpha value is -1.19. The van der Waals surface area contributed by atoms with Crippen LogP contribution in [0.1, 0.15) is 22.6 Å². The van der Waals surface area contributed by atoms with E-state index in [0.717, 1.165) is 16.5 Å². The average molecular weight is 322 g/mol. The number of rotatable bonds is 4. The Balaban J connectivity index is 2.27. The SMILES string of the molecule is Cc1ccccc1C(CN)Cc1ccc(F)cc1Br. The van der Waals surface area contributed by atoms with Gasteiger partial charge in [-0.1, -0.05) is 46.3 Å². The summed E-state index contributed by atoms with van der Waals surface area (Å²) < 4.78 is 13.9. The van der Waals surface area contributed by atoms with Crippen LogP contribution in [0.4, 0.5) is 4.39 Å². The maximum absolute atomic E-state index is 13.1. The molecule has 0 aliphatic rings. The minimum absolute atomic E-state index is 0.226. The second-order valence-electron chi connectivity index (χ2n) is 4.73. The summed E-state index contributed by atoms with van der Waals surface area (Å²) in [5.74, 6) is 0.0266. The molecule has 0 saturated carbocycles. The highest BCUT2D eigenvalue weighted by Crippen LogP contribution is 2.27. The van der Waals surface area contributed by atoms with E-state index in [1.54, 1.807) is 0 Å². The monoisotopic (exact) mass is 321 g/mol. The zero-order valence-corrected chi connectivity index (χ0v) is 12.5. The molecule has 0 spiro atoms. The van der Waals surface area contributed by atoms with Crippen LogP contribution in [0.3, 0.4) is 0 Å². The first-order valence-electron chi connectivity index (χ1n) is 6.31. The van der Waals surface area contributed by atoms with E-state index in [1.807, 2.05) is 18.2 Å². The number of hydrogen-bond acceptors (Lipinski definition) is 1. The molecule has 2 aromatic carbocycles. The lowest BCUT2D eigenvalue weighted by atomic mass is 9.89. The third-order valence-electron chi connectivity index (χ3n) is 3.39. The number of benzene rings is 2. The van der Waals surface area contributed by atoms with Gasteiger partial charge in [0.15, 0.2) is 0 Å². The first kappa shape index (κ1) is 14.2. The van der Waals surface area contributed by atoms with Crippen molar-refractivity contribution >= 4 is 15.9 Å². The van der Waals surface area contributed by atoms with Crippen LogP contribution in [0.15, 0.2) is 46.9 Å². The van der Waals surface area contributed by atoms with Crippen LogP contribution in [-0.4, -0.2) is 6.54 Å². The zero-order valence-electron chi connectivity index (χ0n) is 10.9. The van der Waals surface area contributed by atoms with E-state index in [2.05, 4.69) is 35.0 Å². The lowest BCUT2D eigenvalue weighted by Crippen LogP contribution is -2.16. The molecule has 0 bridgehead atoms. The Bertz CT molecular complexity index is 568. The molecule has 1 unspecified atom stereocenters. The van der Waals surface area contributed by atoms with Crippen molar-refractivity contribution in [2.45, 2.75) is 19.3 Å².